The summed E-state index contributed by atoms with van der Waals surface area (Å²) in [4.78, 5) is 1.31. The van der Waals surface area contributed by atoms with Crippen LogP contribution in [0.1, 0.15) is 24.8 Å². The third-order valence-corrected chi connectivity index (χ3v) is 5.86. The van der Waals surface area contributed by atoms with Crippen molar-refractivity contribution in [1.82, 2.24) is 4.72 Å². The van der Waals surface area contributed by atoms with E-state index in [1.807, 2.05) is 31.4 Å². The van der Waals surface area contributed by atoms with Gasteiger partial charge >= 0.3 is 0 Å². The van der Waals surface area contributed by atoms with Gasteiger partial charge in [0.1, 0.15) is 0 Å². The highest BCUT2D eigenvalue weighted by Gasteiger charge is 2.24. The molecule has 0 amide bonds. The Kier molecular flexibility index (Phi) is 5.01. The molecule has 2 aromatic rings. The molecule has 108 valence electrons. The Hall–Kier alpha value is -0.690. The van der Waals surface area contributed by atoms with E-state index in [4.69, 9.17) is 0 Å². The molecule has 0 radical (unpaired) electrons. The van der Waals surface area contributed by atoms with Crippen LogP contribution in [0.15, 0.2) is 51.1 Å². The lowest BCUT2D eigenvalue weighted by Crippen LogP contribution is -2.31. The third-order valence-electron chi connectivity index (χ3n) is 2.92. The minimum Gasteiger partial charge on any atom is -0.207 e. The number of rotatable bonds is 5. The highest BCUT2D eigenvalue weighted by Crippen LogP contribution is 2.28. The van der Waals surface area contributed by atoms with Gasteiger partial charge in [0.05, 0.1) is 10.9 Å². The first kappa shape index (κ1) is 15.7. The van der Waals surface area contributed by atoms with E-state index < -0.39 is 10.0 Å². The molecular weight excluding hydrogens is 358 g/mol. The second kappa shape index (κ2) is 6.39. The molecule has 0 fully saturated rings. The molecule has 0 saturated heterocycles. The number of nitrogens with one attached hydrogen (secondary N) is 1. The summed E-state index contributed by atoms with van der Waals surface area (Å²) in [6.45, 7) is 4.02. The minimum absolute atomic E-state index is 0.180. The molecule has 0 aliphatic heterocycles. The minimum atomic E-state index is -3.51. The lowest BCUT2D eigenvalue weighted by molar-refractivity contribution is 0.469. The predicted molar refractivity (Wildman–Crippen MR) is 86.4 cm³/mol. The van der Waals surface area contributed by atoms with Crippen molar-refractivity contribution < 1.29 is 8.42 Å². The molecule has 1 N–H and O–H groups in total. The zero-order valence-electron chi connectivity index (χ0n) is 11.2. The molecule has 1 atom stereocenters. The van der Waals surface area contributed by atoms with Crippen LogP contribution in [0.25, 0.3) is 0 Å². The van der Waals surface area contributed by atoms with Crippen LogP contribution in [0.4, 0.5) is 0 Å². The summed E-state index contributed by atoms with van der Waals surface area (Å²) >= 11 is 4.87. The van der Waals surface area contributed by atoms with Crippen molar-refractivity contribution in [2.45, 2.75) is 24.8 Å². The van der Waals surface area contributed by atoms with Gasteiger partial charge in [-0.05, 0) is 41.6 Å². The maximum atomic E-state index is 12.4. The molecule has 0 spiro atoms. The molecule has 3 nitrogen and oxygen atoms in total. The first-order chi connectivity index (χ1) is 9.40. The van der Waals surface area contributed by atoms with Gasteiger partial charge in [0.25, 0.3) is 0 Å². The SMILES string of the molecule is CC(C)C(NS(=O)(=O)c1ccc(Br)cc1)c1cccs1. The van der Waals surface area contributed by atoms with Crippen molar-refractivity contribution in [3.05, 3.63) is 51.1 Å². The summed E-state index contributed by atoms with van der Waals surface area (Å²) in [7, 11) is -3.51. The second-order valence-corrected chi connectivity index (χ2v) is 8.42. The fourth-order valence-electron chi connectivity index (χ4n) is 1.84. The molecule has 0 bridgehead atoms. The molecule has 1 heterocycles. The first-order valence-corrected chi connectivity index (χ1v) is 9.37. The van der Waals surface area contributed by atoms with Gasteiger partial charge in [-0.25, -0.2) is 13.1 Å². The molecule has 20 heavy (non-hydrogen) atoms. The van der Waals surface area contributed by atoms with E-state index in [2.05, 4.69) is 20.7 Å². The highest BCUT2D eigenvalue weighted by molar-refractivity contribution is 9.10. The van der Waals surface area contributed by atoms with E-state index >= 15 is 0 Å². The van der Waals surface area contributed by atoms with Crippen LogP contribution < -0.4 is 4.72 Å². The van der Waals surface area contributed by atoms with Crippen LogP contribution in [0.3, 0.4) is 0 Å². The van der Waals surface area contributed by atoms with Crippen LogP contribution in [-0.4, -0.2) is 8.42 Å². The fourth-order valence-corrected chi connectivity index (χ4v) is 4.49. The Labute approximate surface area is 132 Å². The van der Waals surface area contributed by atoms with Gasteiger partial charge in [-0.1, -0.05) is 35.8 Å². The van der Waals surface area contributed by atoms with Crippen molar-refractivity contribution >= 4 is 37.3 Å². The normalized spacial score (nSPS) is 13.6. The summed E-state index contributed by atoms with van der Waals surface area (Å²) in [5, 5.41) is 1.96. The Morgan fingerprint density at radius 3 is 2.30 bits per heavy atom. The zero-order valence-corrected chi connectivity index (χ0v) is 14.4. The predicted octanol–water partition coefficient (Wildman–Crippen LogP) is 4.19. The van der Waals surface area contributed by atoms with Crippen molar-refractivity contribution in [2.24, 2.45) is 5.92 Å². The summed E-state index contributed by atoms with van der Waals surface area (Å²) in [6, 6.07) is 10.3. The van der Waals surface area contributed by atoms with Crippen LogP contribution in [0, 0.1) is 5.92 Å². The summed E-state index contributed by atoms with van der Waals surface area (Å²) < 4.78 is 28.5. The zero-order chi connectivity index (χ0) is 14.8. The molecule has 1 unspecified atom stereocenters. The van der Waals surface area contributed by atoms with E-state index in [9.17, 15) is 8.42 Å². The smallest absolute Gasteiger partial charge is 0.207 e. The van der Waals surface area contributed by atoms with E-state index in [0.717, 1.165) is 9.35 Å². The number of sulfonamides is 1. The lowest BCUT2D eigenvalue weighted by Gasteiger charge is -2.21. The number of hydrogen-bond acceptors (Lipinski definition) is 3. The number of halogens is 1. The van der Waals surface area contributed by atoms with E-state index in [-0.39, 0.29) is 16.9 Å². The summed E-state index contributed by atoms with van der Waals surface area (Å²) in [5.41, 5.74) is 0. The number of thiophene rings is 1. The molecule has 2 rings (SSSR count). The van der Waals surface area contributed by atoms with Crippen LogP contribution in [-0.2, 0) is 10.0 Å². The van der Waals surface area contributed by atoms with Crippen molar-refractivity contribution in [2.75, 3.05) is 0 Å². The van der Waals surface area contributed by atoms with E-state index in [0.29, 0.717) is 0 Å². The van der Waals surface area contributed by atoms with Crippen molar-refractivity contribution in [3.63, 3.8) is 0 Å². The Morgan fingerprint density at radius 2 is 1.80 bits per heavy atom. The van der Waals surface area contributed by atoms with Gasteiger partial charge in [-0.3, -0.25) is 0 Å². The van der Waals surface area contributed by atoms with Crippen LogP contribution in [0.5, 0.6) is 0 Å². The largest absolute Gasteiger partial charge is 0.241 e. The quantitative estimate of drug-likeness (QED) is 0.853. The van der Waals surface area contributed by atoms with E-state index in [1.54, 1.807) is 35.6 Å². The Bertz CT molecular complexity index is 649. The molecule has 0 aliphatic carbocycles. The molecular formula is C14H16BrNO2S2. The van der Waals surface area contributed by atoms with Gasteiger partial charge in [0.15, 0.2) is 0 Å². The molecule has 1 aromatic heterocycles. The second-order valence-electron chi connectivity index (χ2n) is 4.81. The maximum absolute atomic E-state index is 12.4. The highest BCUT2D eigenvalue weighted by atomic mass is 79.9. The summed E-state index contributed by atoms with van der Waals surface area (Å²) in [5.74, 6) is 0.180. The topological polar surface area (TPSA) is 46.2 Å². The average molecular weight is 374 g/mol. The van der Waals surface area contributed by atoms with Crippen LogP contribution >= 0.6 is 27.3 Å². The lowest BCUT2D eigenvalue weighted by atomic mass is 10.0. The van der Waals surface area contributed by atoms with Crippen LogP contribution in [0.2, 0.25) is 0 Å². The Morgan fingerprint density at radius 1 is 1.15 bits per heavy atom. The standard InChI is InChI=1S/C14H16BrNO2S2/c1-10(2)14(13-4-3-9-19-13)16-20(17,18)12-7-5-11(15)6-8-12/h3-10,14,16H,1-2H3. The molecule has 0 aliphatic rings. The number of benzene rings is 1. The van der Waals surface area contributed by atoms with Gasteiger partial charge in [0, 0.05) is 9.35 Å². The monoisotopic (exact) mass is 373 g/mol. The third kappa shape index (κ3) is 3.69. The fraction of sp³-hybridized carbons (Fsp3) is 0.286. The average Bonchev–Trinajstić information content (AvgIpc) is 2.90. The van der Waals surface area contributed by atoms with Gasteiger partial charge in [-0.15, -0.1) is 11.3 Å². The van der Waals surface area contributed by atoms with Crippen molar-refractivity contribution in [1.29, 1.82) is 0 Å². The van der Waals surface area contributed by atoms with Gasteiger partial charge in [0.2, 0.25) is 10.0 Å². The van der Waals surface area contributed by atoms with Crippen molar-refractivity contribution in [3.8, 4) is 0 Å². The first-order valence-electron chi connectivity index (χ1n) is 6.21. The Balaban J connectivity index is 2.28. The van der Waals surface area contributed by atoms with Gasteiger partial charge in [-0.2, -0.15) is 0 Å². The maximum Gasteiger partial charge on any atom is 0.241 e. The molecule has 1 aromatic carbocycles. The van der Waals surface area contributed by atoms with Gasteiger partial charge < -0.3 is 0 Å². The van der Waals surface area contributed by atoms with E-state index in [1.165, 1.54) is 0 Å². The molecule has 6 heteroatoms. The summed E-state index contributed by atoms with van der Waals surface area (Å²) in [6.07, 6.45) is 0. The number of hydrogen-bond donors (Lipinski definition) is 1. The molecule has 0 saturated carbocycles.